The summed E-state index contributed by atoms with van der Waals surface area (Å²) in [5.41, 5.74) is 2.01. The molecule has 0 saturated carbocycles. The van der Waals surface area contributed by atoms with Gasteiger partial charge in [0.05, 0.1) is 11.4 Å². The van der Waals surface area contributed by atoms with Gasteiger partial charge in [-0.05, 0) is 26.2 Å². The quantitative estimate of drug-likeness (QED) is 0.773. The molecule has 96 valence electrons. The maximum absolute atomic E-state index is 8.86. The van der Waals surface area contributed by atoms with Gasteiger partial charge in [-0.2, -0.15) is 5.10 Å². The Morgan fingerprint density at radius 2 is 1.76 bits per heavy atom. The Balaban J connectivity index is 2.88. The van der Waals surface area contributed by atoms with Crippen LogP contribution in [0.3, 0.4) is 0 Å². The van der Waals surface area contributed by atoms with E-state index in [9.17, 15) is 0 Å². The third-order valence-electron chi connectivity index (χ3n) is 2.75. The standard InChI is InChI=1S/C12H22N4O/c1-4-10-11(5-2)14-15-12(13-10)16(6-3)8-7-9-17/h17H,4-9H2,1-3H3. The lowest BCUT2D eigenvalue weighted by atomic mass is 10.2. The van der Waals surface area contributed by atoms with Crippen LogP contribution in [0.5, 0.6) is 0 Å². The molecule has 17 heavy (non-hydrogen) atoms. The van der Waals surface area contributed by atoms with E-state index in [1.807, 2.05) is 4.90 Å². The van der Waals surface area contributed by atoms with Crippen LogP contribution in [0.25, 0.3) is 0 Å². The topological polar surface area (TPSA) is 62.1 Å². The zero-order valence-corrected chi connectivity index (χ0v) is 11.0. The van der Waals surface area contributed by atoms with Gasteiger partial charge in [-0.3, -0.25) is 0 Å². The fraction of sp³-hybridized carbons (Fsp3) is 0.750. The molecule has 1 N–H and O–H groups in total. The van der Waals surface area contributed by atoms with Gasteiger partial charge in [-0.1, -0.05) is 13.8 Å². The molecule has 1 heterocycles. The van der Waals surface area contributed by atoms with E-state index in [0.717, 1.165) is 43.7 Å². The molecule has 0 radical (unpaired) electrons. The summed E-state index contributed by atoms with van der Waals surface area (Å²) in [7, 11) is 0. The largest absolute Gasteiger partial charge is 0.396 e. The van der Waals surface area contributed by atoms with E-state index < -0.39 is 0 Å². The maximum atomic E-state index is 8.86. The summed E-state index contributed by atoms with van der Waals surface area (Å²) in [5, 5.41) is 17.3. The lowest BCUT2D eigenvalue weighted by molar-refractivity contribution is 0.289. The van der Waals surface area contributed by atoms with Crippen LogP contribution in [0.15, 0.2) is 0 Å². The number of hydrogen-bond donors (Lipinski definition) is 1. The lowest BCUT2D eigenvalue weighted by Crippen LogP contribution is -2.27. The molecule has 0 spiro atoms. The Hall–Kier alpha value is -1.23. The van der Waals surface area contributed by atoms with Gasteiger partial charge >= 0.3 is 0 Å². The van der Waals surface area contributed by atoms with Gasteiger partial charge in [0.15, 0.2) is 0 Å². The van der Waals surface area contributed by atoms with Crippen LogP contribution in [-0.4, -0.2) is 40.0 Å². The van der Waals surface area contributed by atoms with E-state index >= 15 is 0 Å². The minimum absolute atomic E-state index is 0.192. The normalized spacial score (nSPS) is 10.6. The van der Waals surface area contributed by atoms with Gasteiger partial charge in [0.1, 0.15) is 0 Å². The van der Waals surface area contributed by atoms with Gasteiger partial charge in [0, 0.05) is 19.7 Å². The summed E-state index contributed by atoms with van der Waals surface area (Å²) in [6, 6.07) is 0. The van der Waals surface area contributed by atoms with Crippen molar-refractivity contribution in [3.05, 3.63) is 11.4 Å². The second-order valence-electron chi connectivity index (χ2n) is 3.87. The number of aliphatic hydroxyl groups excluding tert-OH is 1. The molecule has 0 amide bonds. The molecule has 0 bridgehead atoms. The average molecular weight is 238 g/mol. The Bertz CT molecular complexity index is 343. The zero-order chi connectivity index (χ0) is 12.7. The summed E-state index contributed by atoms with van der Waals surface area (Å²) >= 11 is 0. The van der Waals surface area contributed by atoms with Crippen molar-refractivity contribution in [1.29, 1.82) is 0 Å². The summed E-state index contributed by atoms with van der Waals surface area (Å²) in [6.07, 6.45) is 2.48. The first-order chi connectivity index (χ1) is 8.26. The molecule has 0 fully saturated rings. The van der Waals surface area contributed by atoms with Crippen molar-refractivity contribution in [3.63, 3.8) is 0 Å². The van der Waals surface area contributed by atoms with Crippen LogP contribution in [0.1, 0.15) is 38.6 Å². The van der Waals surface area contributed by atoms with Crippen molar-refractivity contribution in [2.45, 2.75) is 40.0 Å². The minimum atomic E-state index is 0.192. The van der Waals surface area contributed by atoms with Crippen LogP contribution < -0.4 is 4.90 Å². The van der Waals surface area contributed by atoms with Crippen LogP contribution in [0.4, 0.5) is 5.95 Å². The van der Waals surface area contributed by atoms with Crippen LogP contribution in [-0.2, 0) is 12.8 Å². The molecule has 0 aromatic carbocycles. The minimum Gasteiger partial charge on any atom is -0.396 e. The molecule has 1 aromatic heterocycles. The average Bonchev–Trinajstić information content (AvgIpc) is 2.39. The first-order valence-corrected chi connectivity index (χ1v) is 6.35. The number of aromatic nitrogens is 3. The van der Waals surface area contributed by atoms with Crippen molar-refractivity contribution < 1.29 is 5.11 Å². The van der Waals surface area contributed by atoms with Gasteiger partial charge in [-0.25, -0.2) is 4.98 Å². The SMILES string of the molecule is CCc1nnc(N(CC)CCCO)nc1CC. The van der Waals surface area contributed by atoms with Gasteiger partial charge < -0.3 is 10.0 Å². The molecule has 0 aliphatic rings. The highest BCUT2D eigenvalue weighted by atomic mass is 16.3. The zero-order valence-electron chi connectivity index (χ0n) is 11.0. The van der Waals surface area contributed by atoms with Gasteiger partial charge in [0.25, 0.3) is 0 Å². The number of aryl methyl sites for hydroxylation is 2. The monoisotopic (exact) mass is 238 g/mol. The predicted molar refractivity (Wildman–Crippen MR) is 68.2 cm³/mol. The molecule has 5 heteroatoms. The maximum Gasteiger partial charge on any atom is 0.245 e. The predicted octanol–water partition coefficient (Wildman–Crippen LogP) is 1.21. The van der Waals surface area contributed by atoms with Crippen molar-refractivity contribution >= 4 is 5.95 Å². The molecule has 1 aromatic rings. The third kappa shape index (κ3) is 3.63. The van der Waals surface area contributed by atoms with E-state index in [1.54, 1.807) is 0 Å². The number of hydrogen-bond acceptors (Lipinski definition) is 5. The van der Waals surface area contributed by atoms with Crippen LogP contribution in [0.2, 0.25) is 0 Å². The Kier molecular flexibility index (Phi) is 5.83. The number of nitrogens with zero attached hydrogens (tertiary/aromatic N) is 4. The molecular weight excluding hydrogens is 216 g/mol. The lowest BCUT2D eigenvalue weighted by Gasteiger charge is -2.20. The van der Waals surface area contributed by atoms with Crippen LogP contribution >= 0.6 is 0 Å². The first-order valence-electron chi connectivity index (χ1n) is 6.35. The molecule has 0 saturated heterocycles. The molecular formula is C12H22N4O. The highest BCUT2D eigenvalue weighted by molar-refractivity contribution is 5.30. The summed E-state index contributed by atoms with van der Waals surface area (Å²) < 4.78 is 0. The van der Waals surface area contributed by atoms with Crippen LogP contribution in [0, 0.1) is 0 Å². The summed E-state index contributed by atoms with van der Waals surface area (Å²) in [5.74, 6) is 0.676. The first kappa shape index (κ1) is 13.8. The highest BCUT2D eigenvalue weighted by Crippen LogP contribution is 2.11. The fourth-order valence-electron chi connectivity index (χ4n) is 1.72. The third-order valence-corrected chi connectivity index (χ3v) is 2.75. The van der Waals surface area contributed by atoms with E-state index in [0.29, 0.717) is 5.95 Å². The van der Waals surface area contributed by atoms with E-state index in [1.165, 1.54) is 0 Å². The Morgan fingerprint density at radius 3 is 2.29 bits per heavy atom. The van der Waals surface area contributed by atoms with E-state index in [2.05, 4.69) is 36.0 Å². The Labute approximate surface area is 103 Å². The van der Waals surface area contributed by atoms with Gasteiger partial charge in [0.2, 0.25) is 5.95 Å². The summed E-state index contributed by atoms with van der Waals surface area (Å²) in [6.45, 7) is 7.99. The highest BCUT2D eigenvalue weighted by Gasteiger charge is 2.11. The van der Waals surface area contributed by atoms with E-state index in [4.69, 9.17) is 5.11 Å². The number of anilines is 1. The van der Waals surface area contributed by atoms with E-state index in [-0.39, 0.29) is 6.61 Å². The van der Waals surface area contributed by atoms with Crippen molar-refractivity contribution in [2.75, 3.05) is 24.6 Å². The van der Waals surface area contributed by atoms with Crippen molar-refractivity contribution in [2.24, 2.45) is 0 Å². The van der Waals surface area contributed by atoms with Crippen molar-refractivity contribution in [1.82, 2.24) is 15.2 Å². The fourth-order valence-corrected chi connectivity index (χ4v) is 1.72. The van der Waals surface area contributed by atoms with Crippen molar-refractivity contribution in [3.8, 4) is 0 Å². The smallest absolute Gasteiger partial charge is 0.245 e. The second-order valence-corrected chi connectivity index (χ2v) is 3.87. The number of rotatable bonds is 7. The second kappa shape index (κ2) is 7.17. The molecule has 5 nitrogen and oxygen atoms in total. The number of aliphatic hydroxyl groups is 1. The molecule has 1 rings (SSSR count). The summed E-state index contributed by atoms with van der Waals surface area (Å²) in [4.78, 5) is 6.60. The molecule has 0 atom stereocenters. The molecule has 0 aliphatic carbocycles. The Morgan fingerprint density at radius 1 is 1.06 bits per heavy atom. The molecule has 0 unspecified atom stereocenters. The van der Waals surface area contributed by atoms with Gasteiger partial charge in [-0.15, -0.1) is 5.10 Å². The molecule has 0 aliphatic heterocycles.